The third kappa shape index (κ3) is 5.16. The van der Waals surface area contributed by atoms with E-state index < -0.39 is 12.2 Å². The lowest BCUT2D eigenvalue weighted by molar-refractivity contribution is -0.114. The standard InChI is InChI=1S/C17H27N3O6/c1-23-11-14-9-12(19-26-14)8-13-2-3-15(21)16(25-13)10-18-17(22)20-4-6-24-7-5-20/h9,13,15-16,21H,2-8,10-11H2,1H3,(H,18,22)/t13-,15-,16+/m0/s1. The Kier molecular flexibility index (Phi) is 6.84. The summed E-state index contributed by atoms with van der Waals surface area (Å²) in [6.45, 7) is 2.94. The number of morpholine rings is 1. The molecule has 0 unspecified atom stereocenters. The van der Waals surface area contributed by atoms with E-state index >= 15 is 0 Å². The van der Waals surface area contributed by atoms with Crippen molar-refractivity contribution in [3.05, 3.63) is 17.5 Å². The van der Waals surface area contributed by atoms with Crippen LogP contribution in [0.3, 0.4) is 0 Å². The number of rotatable bonds is 6. The van der Waals surface area contributed by atoms with E-state index in [1.807, 2.05) is 6.07 Å². The minimum absolute atomic E-state index is 0.0656. The molecule has 2 amide bonds. The highest BCUT2D eigenvalue weighted by molar-refractivity contribution is 5.74. The number of methoxy groups -OCH3 is 1. The smallest absolute Gasteiger partial charge is 0.317 e. The minimum Gasteiger partial charge on any atom is -0.390 e. The van der Waals surface area contributed by atoms with Crippen molar-refractivity contribution >= 4 is 6.03 Å². The highest BCUT2D eigenvalue weighted by atomic mass is 16.5. The van der Waals surface area contributed by atoms with Gasteiger partial charge in [-0.1, -0.05) is 5.16 Å². The quantitative estimate of drug-likeness (QED) is 0.743. The van der Waals surface area contributed by atoms with Gasteiger partial charge in [0.05, 0.1) is 31.1 Å². The van der Waals surface area contributed by atoms with Crippen molar-refractivity contribution in [1.82, 2.24) is 15.4 Å². The Balaban J connectivity index is 1.46. The summed E-state index contributed by atoms with van der Waals surface area (Å²) in [5.41, 5.74) is 0.801. The summed E-state index contributed by atoms with van der Waals surface area (Å²) in [6.07, 6.45) is 0.895. The van der Waals surface area contributed by atoms with Crippen LogP contribution in [0.4, 0.5) is 4.79 Å². The van der Waals surface area contributed by atoms with Crippen LogP contribution in [0.1, 0.15) is 24.3 Å². The fourth-order valence-corrected chi connectivity index (χ4v) is 3.24. The minimum atomic E-state index is -0.586. The number of carbonyl (C=O) groups excluding carboxylic acids is 1. The van der Waals surface area contributed by atoms with Gasteiger partial charge in [0.15, 0.2) is 5.76 Å². The first-order valence-corrected chi connectivity index (χ1v) is 9.03. The molecule has 0 aliphatic carbocycles. The Bertz CT molecular complexity index is 575. The first-order chi connectivity index (χ1) is 12.7. The summed E-state index contributed by atoms with van der Waals surface area (Å²) < 4.78 is 21.4. The van der Waals surface area contributed by atoms with Crippen LogP contribution >= 0.6 is 0 Å². The van der Waals surface area contributed by atoms with Crippen LogP contribution in [0.5, 0.6) is 0 Å². The summed E-state index contributed by atoms with van der Waals surface area (Å²) in [5.74, 6) is 0.674. The highest BCUT2D eigenvalue weighted by Gasteiger charge is 2.31. The Labute approximate surface area is 152 Å². The van der Waals surface area contributed by atoms with E-state index in [1.165, 1.54) is 0 Å². The Morgan fingerprint density at radius 1 is 1.42 bits per heavy atom. The molecule has 3 heterocycles. The second kappa shape index (κ2) is 9.31. The first kappa shape index (κ1) is 19.1. The summed E-state index contributed by atoms with van der Waals surface area (Å²) in [5, 5.41) is 17.1. The van der Waals surface area contributed by atoms with Gasteiger partial charge in [0, 0.05) is 39.2 Å². The topological polar surface area (TPSA) is 106 Å². The van der Waals surface area contributed by atoms with E-state index in [0.29, 0.717) is 51.5 Å². The average Bonchev–Trinajstić information content (AvgIpc) is 3.10. The highest BCUT2D eigenvalue weighted by Crippen LogP contribution is 2.22. The Morgan fingerprint density at radius 2 is 2.23 bits per heavy atom. The first-order valence-electron chi connectivity index (χ1n) is 9.03. The van der Waals surface area contributed by atoms with Crippen LogP contribution in [-0.4, -0.2) is 79.5 Å². The van der Waals surface area contributed by atoms with Crippen molar-refractivity contribution in [2.45, 2.75) is 44.2 Å². The zero-order chi connectivity index (χ0) is 18.4. The number of nitrogens with zero attached hydrogens (tertiary/aromatic N) is 2. The molecule has 9 nitrogen and oxygen atoms in total. The molecule has 26 heavy (non-hydrogen) atoms. The van der Waals surface area contributed by atoms with E-state index in [4.69, 9.17) is 18.7 Å². The Hall–Kier alpha value is -1.68. The molecular formula is C17H27N3O6. The van der Waals surface area contributed by atoms with Crippen LogP contribution in [-0.2, 0) is 27.2 Å². The largest absolute Gasteiger partial charge is 0.390 e. The van der Waals surface area contributed by atoms with Gasteiger partial charge in [0.2, 0.25) is 0 Å². The lowest BCUT2D eigenvalue weighted by Gasteiger charge is -2.34. The molecule has 3 atom stereocenters. The van der Waals surface area contributed by atoms with E-state index in [0.717, 1.165) is 12.1 Å². The molecule has 2 fully saturated rings. The number of hydrogen-bond donors (Lipinski definition) is 2. The molecule has 0 radical (unpaired) electrons. The maximum absolute atomic E-state index is 12.2. The molecule has 2 saturated heterocycles. The maximum atomic E-state index is 12.2. The van der Waals surface area contributed by atoms with Crippen molar-refractivity contribution in [3.8, 4) is 0 Å². The van der Waals surface area contributed by atoms with Gasteiger partial charge in [-0.15, -0.1) is 0 Å². The molecule has 0 spiro atoms. The number of hydrogen-bond acceptors (Lipinski definition) is 7. The van der Waals surface area contributed by atoms with Crippen LogP contribution in [0.25, 0.3) is 0 Å². The lowest BCUT2D eigenvalue weighted by Crippen LogP contribution is -2.51. The Morgan fingerprint density at radius 3 is 3.00 bits per heavy atom. The zero-order valence-electron chi connectivity index (χ0n) is 15.1. The molecule has 146 valence electrons. The van der Waals surface area contributed by atoms with Crippen LogP contribution in [0, 0.1) is 0 Å². The van der Waals surface area contributed by atoms with E-state index in [-0.39, 0.29) is 18.7 Å². The van der Waals surface area contributed by atoms with E-state index in [2.05, 4.69) is 10.5 Å². The number of ether oxygens (including phenoxy) is 3. The van der Waals surface area contributed by atoms with E-state index in [9.17, 15) is 9.90 Å². The van der Waals surface area contributed by atoms with Gasteiger partial charge < -0.3 is 34.1 Å². The number of carbonyl (C=O) groups is 1. The average molecular weight is 369 g/mol. The number of aliphatic hydroxyl groups excluding tert-OH is 1. The van der Waals surface area contributed by atoms with Crippen LogP contribution < -0.4 is 5.32 Å². The second-order valence-electron chi connectivity index (χ2n) is 6.65. The molecule has 2 aliphatic rings. The van der Waals surface area contributed by atoms with Crippen LogP contribution in [0.2, 0.25) is 0 Å². The third-order valence-corrected chi connectivity index (χ3v) is 4.66. The van der Waals surface area contributed by atoms with Gasteiger partial charge >= 0.3 is 6.03 Å². The normalized spacial score (nSPS) is 26.7. The monoisotopic (exact) mass is 369 g/mol. The molecule has 0 saturated carbocycles. The number of amides is 2. The zero-order valence-corrected chi connectivity index (χ0v) is 15.1. The number of aromatic nitrogens is 1. The lowest BCUT2D eigenvalue weighted by atomic mass is 9.98. The van der Waals surface area contributed by atoms with Gasteiger partial charge in [0.1, 0.15) is 12.7 Å². The van der Waals surface area contributed by atoms with Crippen molar-refractivity contribution in [2.24, 2.45) is 0 Å². The van der Waals surface area contributed by atoms with Gasteiger partial charge in [-0.05, 0) is 12.8 Å². The summed E-state index contributed by atoms with van der Waals surface area (Å²) >= 11 is 0. The molecule has 1 aromatic heterocycles. The third-order valence-electron chi connectivity index (χ3n) is 4.66. The van der Waals surface area contributed by atoms with Crippen molar-refractivity contribution in [1.29, 1.82) is 0 Å². The molecular weight excluding hydrogens is 342 g/mol. The summed E-state index contributed by atoms with van der Waals surface area (Å²) in [7, 11) is 1.60. The molecule has 0 bridgehead atoms. The van der Waals surface area contributed by atoms with Crippen molar-refractivity contribution in [2.75, 3.05) is 40.0 Å². The predicted octanol–water partition coefficient (Wildman–Crippen LogP) is 0.314. The van der Waals surface area contributed by atoms with Gasteiger partial charge in [-0.3, -0.25) is 0 Å². The van der Waals surface area contributed by atoms with Gasteiger partial charge in [-0.25, -0.2) is 4.79 Å². The second-order valence-corrected chi connectivity index (χ2v) is 6.65. The van der Waals surface area contributed by atoms with Crippen molar-refractivity contribution in [3.63, 3.8) is 0 Å². The number of urea groups is 1. The maximum Gasteiger partial charge on any atom is 0.317 e. The molecule has 0 aromatic carbocycles. The molecule has 1 aromatic rings. The van der Waals surface area contributed by atoms with Crippen LogP contribution in [0.15, 0.2) is 10.6 Å². The summed E-state index contributed by atoms with van der Waals surface area (Å²) in [6, 6.07) is 1.71. The van der Waals surface area contributed by atoms with Gasteiger partial charge in [0.25, 0.3) is 0 Å². The SMILES string of the molecule is COCc1cc(C[C@@H]2CC[C@H](O)[C@@H](CNC(=O)N3CCOCC3)O2)no1. The molecule has 9 heteroatoms. The molecule has 3 rings (SSSR count). The fraction of sp³-hybridized carbons (Fsp3) is 0.765. The van der Waals surface area contributed by atoms with Gasteiger partial charge in [-0.2, -0.15) is 0 Å². The molecule has 2 N–H and O–H groups in total. The number of nitrogens with one attached hydrogen (secondary N) is 1. The van der Waals surface area contributed by atoms with E-state index in [1.54, 1.807) is 12.0 Å². The predicted molar refractivity (Wildman–Crippen MR) is 90.6 cm³/mol. The number of aliphatic hydroxyl groups is 1. The fourth-order valence-electron chi connectivity index (χ4n) is 3.24. The summed E-state index contributed by atoms with van der Waals surface area (Å²) in [4.78, 5) is 13.9. The van der Waals surface area contributed by atoms with Crippen molar-refractivity contribution < 1.29 is 28.6 Å². The molecule has 2 aliphatic heterocycles.